The molecular formula is C18H30N2O. The molecule has 0 spiro atoms. The molecule has 118 valence electrons. The summed E-state index contributed by atoms with van der Waals surface area (Å²) in [5.41, 5.74) is 1.99. The van der Waals surface area contributed by atoms with Crippen molar-refractivity contribution < 1.29 is 4.42 Å². The number of nitrogens with one attached hydrogen (secondary N) is 1. The molecule has 0 aromatic carbocycles. The maximum atomic E-state index is 5.68. The molecule has 1 aliphatic heterocycles. The van der Waals surface area contributed by atoms with E-state index in [4.69, 9.17) is 4.42 Å². The van der Waals surface area contributed by atoms with Crippen LogP contribution in [0.1, 0.15) is 63.7 Å². The lowest BCUT2D eigenvalue weighted by atomic mass is 9.74. The van der Waals surface area contributed by atoms with Crippen molar-refractivity contribution in [2.45, 2.75) is 71.5 Å². The van der Waals surface area contributed by atoms with Gasteiger partial charge in [-0.1, -0.05) is 26.7 Å². The summed E-state index contributed by atoms with van der Waals surface area (Å²) in [6.07, 6.45) is 9.89. The summed E-state index contributed by atoms with van der Waals surface area (Å²) >= 11 is 0. The van der Waals surface area contributed by atoms with Crippen molar-refractivity contribution in [2.75, 3.05) is 13.1 Å². The third-order valence-corrected chi connectivity index (χ3v) is 5.78. The van der Waals surface area contributed by atoms with E-state index < -0.39 is 0 Å². The van der Waals surface area contributed by atoms with Crippen molar-refractivity contribution in [2.24, 2.45) is 5.41 Å². The second-order valence-electron chi connectivity index (χ2n) is 7.01. The molecule has 2 fully saturated rings. The van der Waals surface area contributed by atoms with Crippen LogP contribution in [0.25, 0.3) is 0 Å². The first-order chi connectivity index (χ1) is 10.2. The lowest BCUT2D eigenvalue weighted by molar-refractivity contribution is 0.0905. The highest BCUT2D eigenvalue weighted by Crippen LogP contribution is 2.38. The molecule has 1 saturated carbocycles. The fourth-order valence-corrected chi connectivity index (χ4v) is 3.57. The van der Waals surface area contributed by atoms with Gasteiger partial charge in [-0.2, -0.15) is 0 Å². The van der Waals surface area contributed by atoms with Gasteiger partial charge in [-0.15, -0.1) is 0 Å². The third kappa shape index (κ3) is 3.70. The molecule has 1 aromatic heterocycles. The Kier molecular flexibility index (Phi) is 4.70. The van der Waals surface area contributed by atoms with Gasteiger partial charge in [-0.05, 0) is 50.3 Å². The summed E-state index contributed by atoms with van der Waals surface area (Å²) in [6.45, 7) is 9.15. The molecule has 21 heavy (non-hydrogen) atoms. The van der Waals surface area contributed by atoms with Crippen LogP contribution < -0.4 is 5.32 Å². The Bertz CT molecular complexity index is 436. The van der Waals surface area contributed by atoms with Crippen LogP contribution in [-0.2, 0) is 13.1 Å². The van der Waals surface area contributed by atoms with Crippen LogP contribution in [0.3, 0.4) is 0 Å². The average molecular weight is 290 g/mol. The van der Waals surface area contributed by atoms with Crippen molar-refractivity contribution in [3.05, 3.63) is 23.7 Å². The summed E-state index contributed by atoms with van der Waals surface area (Å²) in [4.78, 5) is 2.61. The molecule has 1 saturated heterocycles. The zero-order chi connectivity index (χ0) is 14.7. The second-order valence-corrected chi connectivity index (χ2v) is 7.01. The smallest absolute Gasteiger partial charge is 0.122 e. The third-order valence-electron chi connectivity index (χ3n) is 5.78. The molecule has 0 unspecified atom stereocenters. The molecule has 3 heteroatoms. The molecule has 1 aliphatic carbocycles. The van der Waals surface area contributed by atoms with Crippen molar-refractivity contribution in [1.82, 2.24) is 10.2 Å². The van der Waals surface area contributed by atoms with Gasteiger partial charge in [0.25, 0.3) is 0 Å². The Hall–Kier alpha value is -0.800. The van der Waals surface area contributed by atoms with Crippen molar-refractivity contribution in [3.8, 4) is 0 Å². The number of likely N-dealkylation sites (tertiary alicyclic amines) is 1. The van der Waals surface area contributed by atoms with Crippen molar-refractivity contribution in [3.63, 3.8) is 0 Å². The predicted octanol–water partition coefficient (Wildman–Crippen LogP) is 3.93. The van der Waals surface area contributed by atoms with Gasteiger partial charge in [-0.3, -0.25) is 4.90 Å². The van der Waals surface area contributed by atoms with Gasteiger partial charge in [0.1, 0.15) is 5.76 Å². The van der Waals surface area contributed by atoms with Crippen LogP contribution in [0.2, 0.25) is 0 Å². The molecule has 2 aliphatic rings. The van der Waals surface area contributed by atoms with Gasteiger partial charge in [0, 0.05) is 18.2 Å². The number of piperidine rings is 1. The Morgan fingerprint density at radius 1 is 1.24 bits per heavy atom. The minimum absolute atomic E-state index is 0.614. The van der Waals surface area contributed by atoms with Crippen LogP contribution in [0.4, 0.5) is 0 Å². The van der Waals surface area contributed by atoms with Gasteiger partial charge >= 0.3 is 0 Å². The van der Waals surface area contributed by atoms with Gasteiger partial charge in [0.05, 0.1) is 12.8 Å². The Balaban J connectivity index is 1.52. The maximum Gasteiger partial charge on any atom is 0.122 e. The number of hydrogen-bond donors (Lipinski definition) is 1. The van der Waals surface area contributed by atoms with Gasteiger partial charge in [0.2, 0.25) is 0 Å². The Morgan fingerprint density at radius 3 is 2.57 bits per heavy atom. The van der Waals surface area contributed by atoms with Gasteiger partial charge in [-0.25, -0.2) is 0 Å². The van der Waals surface area contributed by atoms with Crippen molar-refractivity contribution >= 4 is 0 Å². The molecule has 1 aromatic rings. The second kappa shape index (κ2) is 6.53. The molecule has 1 N–H and O–H groups in total. The molecule has 3 nitrogen and oxygen atoms in total. The maximum absolute atomic E-state index is 5.68. The predicted molar refractivity (Wildman–Crippen MR) is 86.1 cm³/mol. The van der Waals surface area contributed by atoms with E-state index in [1.165, 1.54) is 57.2 Å². The van der Waals surface area contributed by atoms with Crippen LogP contribution >= 0.6 is 0 Å². The highest BCUT2D eigenvalue weighted by Gasteiger charge is 2.31. The van der Waals surface area contributed by atoms with E-state index in [2.05, 4.69) is 30.1 Å². The standard InChI is InChI=1S/C18H30N2O/c1-3-18(4-2)8-10-20(11-9-18)14-15-7-12-21-17(15)13-19-16-5-6-16/h7,12,16,19H,3-6,8-11,13-14H2,1-2H3. The fraction of sp³-hybridized carbons (Fsp3) is 0.778. The minimum atomic E-state index is 0.614. The first-order valence-corrected chi connectivity index (χ1v) is 8.75. The summed E-state index contributed by atoms with van der Waals surface area (Å²) in [6, 6.07) is 2.90. The zero-order valence-electron chi connectivity index (χ0n) is 13.7. The summed E-state index contributed by atoms with van der Waals surface area (Å²) < 4.78 is 5.68. The zero-order valence-corrected chi connectivity index (χ0v) is 13.7. The fourth-order valence-electron chi connectivity index (χ4n) is 3.57. The highest BCUT2D eigenvalue weighted by molar-refractivity contribution is 5.17. The first kappa shape index (κ1) is 15.1. The number of nitrogens with zero attached hydrogens (tertiary/aromatic N) is 1. The van der Waals surface area contributed by atoms with Crippen LogP contribution in [-0.4, -0.2) is 24.0 Å². The lowest BCUT2D eigenvalue weighted by Gasteiger charge is -2.41. The molecule has 0 bridgehead atoms. The molecular weight excluding hydrogens is 260 g/mol. The van der Waals surface area contributed by atoms with E-state index in [1.54, 1.807) is 0 Å². The van der Waals surface area contributed by atoms with E-state index in [1.807, 2.05) is 6.26 Å². The van der Waals surface area contributed by atoms with Crippen LogP contribution in [0.15, 0.2) is 16.7 Å². The Morgan fingerprint density at radius 2 is 1.95 bits per heavy atom. The lowest BCUT2D eigenvalue weighted by Crippen LogP contribution is -2.39. The number of furan rings is 1. The summed E-state index contributed by atoms with van der Waals surface area (Å²) in [5, 5.41) is 3.56. The number of rotatable bonds is 7. The van der Waals surface area contributed by atoms with Crippen molar-refractivity contribution in [1.29, 1.82) is 0 Å². The van der Waals surface area contributed by atoms with E-state index >= 15 is 0 Å². The quantitative estimate of drug-likeness (QED) is 0.824. The normalized spacial score (nSPS) is 22.6. The van der Waals surface area contributed by atoms with Crippen LogP contribution in [0, 0.1) is 5.41 Å². The average Bonchev–Trinajstić information content (AvgIpc) is 3.26. The SMILES string of the molecule is CCC1(CC)CCN(Cc2ccoc2CNC2CC2)CC1. The van der Waals surface area contributed by atoms with Gasteiger partial charge < -0.3 is 9.73 Å². The number of hydrogen-bond acceptors (Lipinski definition) is 3. The highest BCUT2D eigenvalue weighted by atomic mass is 16.3. The molecule has 0 amide bonds. The molecule has 0 radical (unpaired) electrons. The van der Waals surface area contributed by atoms with Crippen LogP contribution in [0.5, 0.6) is 0 Å². The van der Waals surface area contributed by atoms with Gasteiger partial charge in [0.15, 0.2) is 0 Å². The minimum Gasteiger partial charge on any atom is -0.468 e. The summed E-state index contributed by atoms with van der Waals surface area (Å²) in [5.74, 6) is 1.14. The van der Waals surface area contributed by atoms with E-state index in [0.29, 0.717) is 5.41 Å². The largest absolute Gasteiger partial charge is 0.468 e. The summed E-state index contributed by atoms with van der Waals surface area (Å²) in [7, 11) is 0. The van der Waals surface area contributed by atoms with E-state index in [0.717, 1.165) is 24.9 Å². The van der Waals surface area contributed by atoms with E-state index in [-0.39, 0.29) is 0 Å². The Labute approximate surface area is 129 Å². The molecule has 0 atom stereocenters. The first-order valence-electron chi connectivity index (χ1n) is 8.75. The topological polar surface area (TPSA) is 28.4 Å². The molecule has 2 heterocycles. The molecule has 3 rings (SSSR count). The van der Waals surface area contributed by atoms with E-state index in [9.17, 15) is 0 Å². The monoisotopic (exact) mass is 290 g/mol.